The van der Waals surface area contributed by atoms with E-state index in [1.807, 2.05) is 4.90 Å². The van der Waals surface area contributed by atoms with Crippen molar-refractivity contribution in [1.29, 1.82) is 0 Å². The lowest BCUT2D eigenvalue weighted by molar-refractivity contribution is -0.128. The standard InChI is InChI=1S/C16H22BrNOS/c1-12-10-15(13(2)9-14(12)17)20-11-16(19)18-7-5-3-4-6-8-18/h9-10H,3-8,11H2,1-2H3. The maximum atomic E-state index is 12.3. The average molecular weight is 356 g/mol. The van der Waals surface area contributed by atoms with Crippen molar-refractivity contribution in [2.45, 2.75) is 44.4 Å². The van der Waals surface area contributed by atoms with E-state index in [4.69, 9.17) is 0 Å². The zero-order valence-corrected chi connectivity index (χ0v) is 14.6. The molecular formula is C16H22BrNOS. The van der Waals surface area contributed by atoms with Crippen LogP contribution in [0.1, 0.15) is 36.8 Å². The highest BCUT2D eigenvalue weighted by molar-refractivity contribution is 9.10. The fraction of sp³-hybridized carbons (Fsp3) is 0.562. The monoisotopic (exact) mass is 355 g/mol. The maximum Gasteiger partial charge on any atom is 0.232 e. The number of carbonyl (C=O) groups is 1. The molecular weight excluding hydrogens is 334 g/mol. The molecule has 1 aliphatic rings. The van der Waals surface area contributed by atoms with Gasteiger partial charge in [-0.25, -0.2) is 0 Å². The van der Waals surface area contributed by atoms with Gasteiger partial charge in [0, 0.05) is 22.5 Å². The van der Waals surface area contributed by atoms with Crippen molar-refractivity contribution < 1.29 is 4.79 Å². The van der Waals surface area contributed by atoms with Crippen molar-refractivity contribution >= 4 is 33.6 Å². The molecule has 0 N–H and O–H groups in total. The van der Waals surface area contributed by atoms with E-state index in [1.165, 1.54) is 28.9 Å². The third-order valence-electron chi connectivity index (χ3n) is 3.77. The molecule has 0 unspecified atom stereocenters. The highest BCUT2D eigenvalue weighted by atomic mass is 79.9. The maximum absolute atomic E-state index is 12.3. The molecule has 1 amide bonds. The van der Waals surface area contributed by atoms with Crippen LogP contribution in [0.15, 0.2) is 21.5 Å². The summed E-state index contributed by atoms with van der Waals surface area (Å²) in [6.45, 7) is 6.07. The molecule has 0 aromatic heterocycles. The zero-order valence-electron chi connectivity index (χ0n) is 12.2. The normalized spacial score (nSPS) is 16.1. The van der Waals surface area contributed by atoms with Gasteiger partial charge in [-0.2, -0.15) is 0 Å². The first-order valence-corrected chi connectivity index (χ1v) is 9.03. The second-order valence-corrected chi connectivity index (χ2v) is 7.32. The fourth-order valence-electron chi connectivity index (χ4n) is 2.46. The summed E-state index contributed by atoms with van der Waals surface area (Å²) in [6.07, 6.45) is 4.85. The Balaban J connectivity index is 1.94. The molecule has 0 bridgehead atoms. The molecule has 0 atom stereocenters. The molecule has 0 radical (unpaired) electrons. The zero-order chi connectivity index (χ0) is 14.5. The lowest BCUT2D eigenvalue weighted by Gasteiger charge is -2.20. The van der Waals surface area contributed by atoms with Crippen LogP contribution >= 0.6 is 27.7 Å². The Labute approximate surface area is 134 Å². The number of nitrogens with zero attached hydrogens (tertiary/aromatic N) is 1. The first kappa shape index (κ1) is 15.9. The van der Waals surface area contributed by atoms with E-state index in [-0.39, 0.29) is 5.91 Å². The van der Waals surface area contributed by atoms with Crippen LogP contribution in [-0.4, -0.2) is 29.6 Å². The fourth-order valence-corrected chi connectivity index (χ4v) is 3.93. The summed E-state index contributed by atoms with van der Waals surface area (Å²) < 4.78 is 1.14. The molecule has 1 saturated heterocycles. The van der Waals surface area contributed by atoms with E-state index in [9.17, 15) is 4.79 Å². The van der Waals surface area contributed by atoms with Crippen molar-refractivity contribution in [3.8, 4) is 0 Å². The third-order valence-corrected chi connectivity index (χ3v) is 5.76. The van der Waals surface area contributed by atoms with Crippen LogP contribution in [0.3, 0.4) is 0 Å². The van der Waals surface area contributed by atoms with Crippen LogP contribution in [0.5, 0.6) is 0 Å². The van der Waals surface area contributed by atoms with Crippen molar-refractivity contribution in [3.63, 3.8) is 0 Å². The topological polar surface area (TPSA) is 20.3 Å². The van der Waals surface area contributed by atoms with Gasteiger partial charge in [0.05, 0.1) is 5.75 Å². The lowest BCUT2D eigenvalue weighted by Crippen LogP contribution is -2.33. The summed E-state index contributed by atoms with van der Waals surface area (Å²) in [5.74, 6) is 0.846. The lowest BCUT2D eigenvalue weighted by atomic mass is 10.2. The summed E-state index contributed by atoms with van der Waals surface area (Å²) in [7, 11) is 0. The Morgan fingerprint density at radius 2 is 1.80 bits per heavy atom. The number of halogens is 1. The number of thioether (sulfide) groups is 1. The van der Waals surface area contributed by atoms with Crippen LogP contribution in [0.25, 0.3) is 0 Å². The Morgan fingerprint density at radius 3 is 2.45 bits per heavy atom. The molecule has 2 nitrogen and oxygen atoms in total. The van der Waals surface area contributed by atoms with E-state index in [0.29, 0.717) is 5.75 Å². The van der Waals surface area contributed by atoms with Crippen molar-refractivity contribution in [3.05, 3.63) is 27.7 Å². The molecule has 2 rings (SSSR count). The van der Waals surface area contributed by atoms with Crippen LogP contribution in [0, 0.1) is 13.8 Å². The molecule has 0 saturated carbocycles. The molecule has 1 fully saturated rings. The predicted octanol–water partition coefficient (Wildman–Crippen LogP) is 4.56. The summed E-state index contributed by atoms with van der Waals surface area (Å²) in [5.41, 5.74) is 2.46. The van der Waals surface area contributed by atoms with Crippen molar-refractivity contribution in [2.24, 2.45) is 0 Å². The van der Waals surface area contributed by atoms with Crippen LogP contribution < -0.4 is 0 Å². The van der Waals surface area contributed by atoms with Gasteiger partial charge in [-0.05, 0) is 49.9 Å². The summed E-state index contributed by atoms with van der Waals surface area (Å²) in [5, 5.41) is 0. The molecule has 0 spiro atoms. The van der Waals surface area contributed by atoms with Gasteiger partial charge < -0.3 is 4.90 Å². The Hall–Kier alpha value is -0.480. The molecule has 1 heterocycles. The van der Waals surface area contributed by atoms with Crippen LogP contribution in [0.2, 0.25) is 0 Å². The Morgan fingerprint density at radius 1 is 1.15 bits per heavy atom. The van der Waals surface area contributed by atoms with Gasteiger partial charge in [0.15, 0.2) is 0 Å². The van der Waals surface area contributed by atoms with Gasteiger partial charge in [0.25, 0.3) is 0 Å². The van der Waals surface area contributed by atoms with Gasteiger partial charge in [-0.1, -0.05) is 28.8 Å². The Kier molecular flexibility index (Phi) is 5.97. The van der Waals surface area contributed by atoms with Crippen LogP contribution in [0.4, 0.5) is 0 Å². The quantitative estimate of drug-likeness (QED) is 0.740. The molecule has 0 aliphatic carbocycles. The number of aryl methyl sites for hydroxylation is 2. The smallest absolute Gasteiger partial charge is 0.232 e. The molecule has 110 valence electrons. The van der Waals surface area contributed by atoms with E-state index in [2.05, 4.69) is 41.9 Å². The van der Waals surface area contributed by atoms with E-state index in [0.717, 1.165) is 30.4 Å². The van der Waals surface area contributed by atoms with E-state index < -0.39 is 0 Å². The third kappa shape index (κ3) is 4.26. The van der Waals surface area contributed by atoms with Crippen LogP contribution in [-0.2, 0) is 4.79 Å². The van der Waals surface area contributed by atoms with Gasteiger partial charge in [-0.3, -0.25) is 4.79 Å². The minimum atomic E-state index is 0.289. The van der Waals surface area contributed by atoms with Gasteiger partial charge in [0.2, 0.25) is 5.91 Å². The first-order valence-electron chi connectivity index (χ1n) is 7.25. The van der Waals surface area contributed by atoms with Crippen molar-refractivity contribution in [1.82, 2.24) is 4.90 Å². The highest BCUT2D eigenvalue weighted by Crippen LogP contribution is 2.28. The molecule has 20 heavy (non-hydrogen) atoms. The van der Waals surface area contributed by atoms with Gasteiger partial charge >= 0.3 is 0 Å². The Bertz CT molecular complexity index is 482. The SMILES string of the molecule is Cc1cc(SCC(=O)N2CCCCCC2)c(C)cc1Br. The molecule has 1 aromatic carbocycles. The average Bonchev–Trinajstić information content (AvgIpc) is 2.70. The molecule has 4 heteroatoms. The number of rotatable bonds is 3. The first-order chi connectivity index (χ1) is 9.58. The van der Waals surface area contributed by atoms with Gasteiger partial charge in [-0.15, -0.1) is 11.8 Å². The number of amides is 1. The molecule has 1 aliphatic heterocycles. The van der Waals surface area contributed by atoms with E-state index >= 15 is 0 Å². The second kappa shape index (κ2) is 7.51. The summed E-state index contributed by atoms with van der Waals surface area (Å²) in [4.78, 5) is 15.5. The highest BCUT2D eigenvalue weighted by Gasteiger charge is 2.16. The summed E-state index contributed by atoms with van der Waals surface area (Å²) >= 11 is 5.21. The number of carbonyl (C=O) groups excluding carboxylic acids is 1. The minimum absolute atomic E-state index is 0.289. The molecule has 1 aromatic rings. The number of hydrogen-bond donors (Lipinski definition) is 0. The summed E-state index contributed by atoms with van der Waals surface area (Å²) in [6, 6.07) is 4.30. The van der Waals surface area contributed by atoms with E-state index in [1.54, 1.807) is 11.8 Å². The second-order valence-electron chi connectivity index (χ2n) is 5.45. The largest absolute Gasteiger partial charge is 0.342 e. The minimum Gasteiger partial charge on any atom is -0.342 e. The predicted molar refractivity (Wildman–Crippen MR) is 89.4 cm³/mol. The number of hydrogen-bond acceptors (Lipinski definition) is 2. The number of likely N-dealkylation sites (tertiary alicyclic amines) is 1. The van der Waals surface area contributed by atoms with Gasteiger partial charge in [0.1, 0.15) is 0 Å². The number of benzene rings is 1. The van der Waals surface area contributed by atoms with Crippen molar-refractivity contribution in [2.75, 3.05) is 18.8 Å².